The first kappa shape index (κ1) is 6.63. The molecule has 0 heterocycles. The van der Waals surface area contributed by atoms with Gasteiger partial charge < -0.3 is 5.73 Å². The van der Waals surface area contributed by atoms with Crippen LogP contribution in [0.15, 0.2) is 0 Å². The van der Waals surface area contributed by atoms with Crippen LogP contribution in [0.4, 0.5) is 0 Å². The van der Waals surface area contributed by atoms with E-state index in [2.05, 4.69) is 0 Å². The first-order valence-electron chi connectivity index (χ1n) is 2.30. The zero-order valence-electron chi connectivity index (χ0n) is 4.69. The lowest BCUT2D eigenvalue weighted by molar-refractivity contribution is 0.493. The van der Waals surface area contributed by atoms with Crippen molar-refractivity contribution in [3.05, 3.63) is 0 Å². The van der Waals surface area contributed by atoms with Gasteiger partial charge in [-0.1, -0.05) is 6.92 Å². The number of hydrogen-bond donors (Lipinski definition) is 1. The molecule has 1 radical (unpaired) electrons. The molecule has 41 valence electrons. The summed E-state index contributed by atoms with van der Waals surface area (Å²) in [5.41, 5.74) is 4.57. The van der Waals surface area contributed by atoms with Gasteiger partial charge in [-0.05, 0) is 13.3 Å². The Balaban J connectivity index is 3.58. The smallest absolute Gasteiger partial charge is 0.219 e. The second-order valence-electron chi connectivity index (χ2n) is 1.87. The van der Waals surface area contributed by atoms with Gasteiger partial charge >= 0.3 is 0 Å². The summed E-state index contributed by atoms with van der Waals surface area (Å²) in [6, 6.07) is 0. The molecule has 0 aliphatic carbocycles. The van der Waals surface area contributed by atoms with E-state index < -0.39 is 5.54 Å². The van der Waals surface area contributed by atoms with Crippen molar-refractivity contribution in [2.75, 3.05) is 0 Å². The van der Waals surface area contributed by atoms with E-state index in [0.717, 1.165) is 0 Å². The molecule has 0 aromatic heterocycles. The fourth-order valence-corrected chi connectivity index (χ4v) is 0.0722. The van der Waals surface area contributed by atoms with Crippen LogP contribution in [-0.4, -0.2) is 11.8 Å². The molecule has 1 atom stereocenters. The third-order valence-corrected chi connectivity index (χ3v) is 0.968. The Morgan fingerprint density at radius 2 is 2.29 bits per heavy atom. The van der Waals surface area contributed by atoms with Crippen LogP contribution < -0.4 is 5.73 Å². The zero-order chi connectivity index (χ0) is 5.91. The summed E-state index contributed by atoms with van der Waals surface area (Å²) in [5.74, 6) is 0. The van der Waals surface area contributed by atoms with Gasteiger partial charge in [0, 0.05) is 0 Å². The third-order valence-electron chi connectivity index (χ3n) is 0.968. The highest BCUT2D eigenvalue weighted by molar-refractivity contribution is 5.63. The van der Waals surface area contributed by atoms with E-state index >= 15 is 0 Å². The van der Waals surface area contributed by atoms with E-state index in [-0.39, 0.29) is 0 Å². The highest BCUT2D eigenvalue weighted by Gasteiger charge is 2.13. The SMILES string of the molecule is CCC(C)(N)[C]=O. The highest BCUT2D eigenvalue weighted by atomic mass is 16.1. The first-order chi connectivity index (χ1) is 3.12. The number of carbonyl (C=O) groups excluding carboxylic acids is 1. The number of hydrogen-bond acceptors (Lipinski definition) is 2. The maximum absolute atomic E-state index is 9.81. The molecule has 0 spiro atoms. The molecule has 0 bridgehead atoms. The molecule has 0 aromatic carbocycles. The molecule has 7 heavy (non-hydrogen) atoms. The quantitative estimate of drug-likeness (QED) is 0.539. The Labute approximate surface area is 43.7 Å². The summed E-state index contributed by atoms with van der Waals surface area (Å²) in [7, 11) is 0. The van der Waals surface area contributed by atoms with Crippen LogP contribution in [0.25, 0.3) is 0 Å². The molecule has 2 nitrogen and oxygen atoms in total. The average molecular weight is 100 g/mol. The molecule has 2 N–H and O–H groups in total. The van der Waals surface area contributed by atoms with Crippen molar-refractivity contribution >= 4 is 6.29 Å². The van der Waals surface area contributed by atoms with E-state index in [1.165, 1.54) is 0 Å². The standard InChI is InChI=1S/C5H10NO/c1-3-5(2,6)4-7/h3,6H2,1-2H3. The van der Waals surface area contributed by atoms with Crippen LogP contribution in [0.2, 0.25) is 0 Å². The van der Waals surface area contributed by atoms with Crippen molar-refractivity contribution in [1.82, 2.24) is 0 Å². The molecule has 0 saturated carbocycles. The molecule has 0 saturated heterocycles. The van der Waals surface area contributed by atoms with Crippen LogP contribution in [0.5, 0.6) is 0 Å². The van der Waals surface area contributed by atoms with E-state index in [1.54, 1.807) is 13.2 Å². The van der Waals surface area contributed by atoms with Crippen molar-refractivity contribution in [3.8, 4) is 0 Å². The van der Waals surface area contributed by atoms with E-state index in [1.807, 2.05) is 6.92 Å². The van der Waals surface area contributed by atoms with Crippen molar-refractivity contribution in [2.24, 2.45) is 5.73 Å². The summed E-state index contributed by atoms with van der Waals surface area (Å²) in [6.45, 7) is 3.50. The minimum atomic E-state index is -0.722. The van der Waals surface area contributed by atoms with E-state index in [0.29, 0.717) is 6.42 Å². The van der Waals surface area contributed by atoms with Gasteiger partial charge in [0.1, 0.15) is 0 Å². The molecule has 0 amide bonds. The summed E-state index contributed by atoms with van der Waals surface area (Å²) < 4.78 is 0. The minimum Gasteiger partial charge on any atom is -0.319 e. The molecular weight excluding hydrogens is 90.1 g/mol. The van der Waals surface area contributed by atoms with Crippen LogP contribution in [0.1, 0.15) is 20.3 Å². The van der Waals surface area contributed by atoms with Gasteiger partial charge in [0.25, 0.3) is 0 Å². The van der Waals surface area contributed by atoms with Gasteiger partial charge in [-0.2, -0.15) is 0 Å². The number of rotatable bonds is 2. The van der Waals surface area contributed by atoms with Gasteiger partial charge in [0.15, 0.2) is 0 Å². The predicted molar refractivity (Wildman–Crippen MR) is 28.6 cm³/mol. The van der Waals surface area contributed by atoms with Crippen molar-refractivity contribution in [3.63, 3.8) is 0 Å². The molecule has 0 fully saturated rings. The normalized spacial score (nSPS) is 18.1. The zero-order valence-corrected chi connectivity index (χ0v) is 4.69. The topological polar surface area (TPSA) is 43.1 Å². The molecule has 0 rings (SSSR count). The Morgan fingerprint density at radius 3 is 2.29 bits per heavy atom. The van der Waals surface area contributed by atoms with Crippen molar-refractivity contribution in [2.45, 2.75) is 25.8 Å². The van der Waals surface area contributed by atoms with Gasteiger partial charge in [-0.25, -0.2) is 0 Å². The summed E-state index contributed by atoms with van der Waals surface area (Å²) >= 11 is 0. The number of nitrogens with two attached hydrogens (primary N) is 1. The fraction of sp³-hybridized carbons (Fsp3) is 0.800. The van der Waals surface area contributed by atoms with Gasteiger partial charge in [-0.15, -0.1) is 0 Å². The lowest BCUT2D eigenvalue weighted by Gasteiger charge is -2.09. The summed E-state index contributed by atoms with van der Waals surface area (Å²) in [6.07, 6.45) is 2.37. The van der Waals surface area contributed by atoms with Gasteiger partial charge in [-0.3, -0.25) is 4.79 Å². The lowest BCUT2D eigenvalue weighted by atomic mass is 10.0. The minimum absolute atomic E-state index is 0.649. The molecule has 2 heteroatoms. The molecule has 0 aromatic rings. The van der Waals surface area contributed by atoms with E-state index in [9.17, 15) is 4.79 Å². The van der Waals surface area contributed by atoms with Crippen LogP contribution in [0.3, 0.4) is 0 Å². The molecule has 0 aliphatic rings. The second kappa shape index (κ2) is 2.07. The maximum Gasteiger partial charge on any atom is 0.219 e. The second-order valence-corrected chi connectivity index (χ2v) is 1.87. The summed E-state index contributed by atoms with van der Waals surface area (Å²) in [4.78, 5) is 9.81. The fourth-order valence-electron chi connectivity index (χ4n) is 0.0722. The van der Waals surface area contributed by atoms with Crippen LogP contribution in [0, 0.1) is 0 Å². The van der Waals surface area contributed by atoms with Crippen molar-refractivity contribution in [1.29, 1.82) is 0 Å². The van der Waals surface area contributed by atoms with Gasteiger partial charge in [0.2, 0.25) is 6.29 Å². The molecule has 0 aliphatic heterocycles. The third kappa shape index (κ3) is 2.34. The predicted octanol–water partition coefficient (Wildman–Crippen LogP) is 0.224. The molecule has 1 unspecified atom stereocenters. The van der Waals surface area contributed by atoms with Crippen LogP contribution >= 0.6 is 0 Å². The first-order valence-corrected chi connectivity index (χ1v) is 2.30. The van der Waals surface area contributed by atoms with E-state index in [4.69, 9.17) is 5.73 Å². The lowest BCUT2D eigenvalue weighted by Crippen LogP contribution is -2.36. The van der Waals surface area contributed by atoms with Crippen molar-refractivity contribution < 1.29 is 4.79 Å². The highest BCUT2D eigenvalue weighted by Crippen LogP contribution is 1.97. The maximum atomic E-state index is 9.81. The average Bonchev–Trinajstić information content (AvgIpc) is 1.68. The van der Waals surface area contributed by atoms with Crippen LogP contribution in [-0.2, 0) is 4.79 Å². The largest absolute Gasteiger partial charge is 0.319 e. The Hall–Kier alpha value is -0.370. The monoisotopic (exact) mass is 100 g/mol. The Morgan fingerprint density at radius 1 is 1.86 bits per heavy atom. The summed E-state index contributed by atoms with van der Waals surface area (Å²) in [5, 5.41) is 0. The molecular formula is C5H10NO. The Kier molecular flexibility index (Phi) is 1.96. The van der Waals surface area contributed by atoms with Gasteiger partial charge in [0.05, 0.1) is 5.54 Å². The Bertz CT molecular complexity index is 68.5.